The predicted molar refractivity (Wildman–Crippen MR) is 23.5 cm³/mol. The highest BCUT2D eigenvalue weighted by molar-refractivity contribution is 4.89. The molecule has 2 N–H and O–H groups in total. The van der Waals surface area contributed by atoms with Crippen molar-refractivity contribution in [2.45, 2.75) is 0 Å². The third-order valence-electron chi connectivity index (χ3n) is 0.582. The fourth-order valence-corrected chi connectivity index (χ4v) is 0.321. The van der Waals surface area contributed by atoms with Crippen LogP contribution in [0.5, 0.6) is 0 Å². The molecule has 0 fully saturated rings. The smallest absolute Gasteiger partial charge is 0.171 e. The Kier molecular flexibility index (Phi) is 1.12. The topological polar surface area (TPSA) is 24.1 Å². The minimum atomic E-state index is 0.896. The molecule has 0 atom stereocenters. The first kappa shape index (κ1) is 3.68. The SMILES string of the molecule is [C]1NC=CCN1. The van der Waals surface area contributed by atoms with Crippen LogP contribution in [0, 0.1) is 6.67 Å². The van der Waals surface area contributed by atoms with Gasteiger partial charge in [0.1, 0.15) is 0 Å². The lowest BCUT2D eigenvalue weighted by atomic mass is 10.5. The van der Waals surface area contributed by atoms with E-state index in [-0.39, 0.29) is 0 Å². The van der Waals surface area contributed by atoms with E-state index in [1.807, 2.05) is 12.3 Å². The summed E-state index contributed by atoms with van der Waals surface area (Å²) >= 11 is 0. The van der Waals surface area contributed by atoms with Gasteiger partial charge in [-0.05, 0) is 6.20 Å². The number of rotatable bonds is 0. The Morgan fingerprint density at radius 1 is 1.67 bits per heavy atom. The molecule has 1 heterocycles. The largest absolute Gasteiger partial charge is 0.367 e. The maximum atomic E-state index is 2.84. The quantitative estimate of drug-likeness (QED) is 0.419. The molecular weight excluding hydrogens is 76.1 g/mol. The van der Waals surface area contributed by atoms with Gasteiger partial charge < -0.3 is 5.32 Å². The Morgan fingerprint density at radius 2 is 2.67 bits per heavy atom. The summed E-state index contributed by atoms with van der Waals surface area (Å²) in [5.74, 6) is 0. The first-order valence-electron chi connectivity index (χ1n) is 1.88. The lowest BCUT2D eigenvalue weighted by Crippen LogP contribution is -2.23. The zero-order chi connectivity index (χ0) is 4.24. The zero-order valence-corrected chi connectivity index (χ0v) is 3.36. The Hall–Kier alpha value is -0.500. The summed E-state index contributed by atoms with van der Waals surface area (Å²) in [7, 11) is 0. The molecule has 1 aliphatic heterocycles. The second kappa shape index (κ2) is 1.82. The number of hydrogen-bond donors (Lipinski definition) is 2. The summed E-state index contributed by atoms with van der Waals surface area (Å²) in [6.45, 7) is 3.59. The lowest BCUT2D eigenvalue weighted by molar-refractivity contribution is 0.773. The molecule has 0 aliphatic carbocycles. The molecule has 0 aromatic heterocycles. The normalized spacial score (nSPS) is 20.0. The van der Waals surface area contributed by atoms with E-state index in [1.165, 1.54) is 0 Å². The lowest BCUT2D eigenvalue weighted by Gasteiger charge is -2.02. The predicted octanol–water partition coefficient (Wildman–Crippen LogP) is -0.311. The molecule has 0 unspecified atom stereocenters. The molecule has 32 valence electrons. The zero-order valence-electron chi connectivity index (χ0n) is 3.36. The minimum absolute atomic E-state index is 0.896. The van der Waals surface area contributed by atoms with Gasteiger partial charge in [-0.1, -0.05) is 6.08 Å². The molecule has 6 heavy (non-hydrogen) atoms. The van der Waals surface area contributed by atoms with Gasteiger partial charge in [0.2, 0.25) is 0 Å². The van der Waals surface area contributed by atoms with Crippen LogP contribution < -0.4 is 10.6 Å². The molecular formula is C4H6N2. The van der Waals surface area contributed by atoms with Crippen molar-refractivity contribution in [1.29, 1.82) is 0 Å². The van der Waals surface area contributed by atoms with Crippen molar-refractivity contribution in [3.8, 4) is 0 Å². The number of hydrogen-bond acceptors (Lipinski definition) is 2. The van der Waals surface area contributed by atoms with Crippen molar-refractivity contribution in [2.75, 3.05) is 6.54 Å². The van der Waals surface area contributed by atoms with E-state index >= 15 is 0 Å². The van der Waals surface area contributed by atoms with Gasteiger partial charge in [0.25, 0.3) is 0 Å². The van der Waals surface area contributed by atoms with Crippen LogP contribution in [-0.4, -0.2) is 6.54 Å². The monoisotopic (exact) mass is 82.1 g/mol. The van der Waals surface area contributed by atoms with Crippen LogP contribution in [0.15, 0.2) is 12.3 Å². The van der Waals surface area contributed by atoms with Crippen LogP contribution in [0.1, 0.15) is 0 Å². The Morgan fingerprint density at radius 3 is 2.83 bits per heavy atom. The Labute approximate surface area is 37.2 Å². The second-order valence-corrected chi connectivity index (χ2v) is 1.05. The highest BCUT2D eigenvalue weighted by Crippen LogP contribution is 1.73. The van der Waals surface area contributed by atoms with Gasteiger partial charge in [-0.2, -0.15) is 0 Å². The maximum absolute atomic E-state index is 2.84. The van der Waals surface area contributed by atoms with Crippen LogP contribution in [-0.2, 0) is 0 Å². The van der Waals surface area contributed by atoms with Crippen molar-refractivity contribution < 1.29 is 0 Å². The van der Waals surface area contributed by atoms with E-state index in [0.717, 1.165) is 6.54 Å². The van der Waals surface area contributed by atoms with Gasteiger partial charge in [-0.15, -0.1) is 0 Å². The average molecular weight is 82.1 g/mol. The van der Waals surface area contributed by atoms with Crippen molar-refractivity contribution in [2.24, 2.45) is 0 Å². The summed E-state index contributed by atoms with van der Waals surface area (Å²) in [6.07, 6.45) is 3.83. The summed E-state index contributed by atoms with van der Waals surface area (Å²) in [6, 6.07) is 0. The van der Waals surface area contributed by atoms with E-state index in [9.17, 15) is 0 Å². The summed E-state index contributed by atoms with van der Waals surface area (Å²) in [5, 5.41) is 5.58. The number of nitrogens with one attached hydrogen (secondary N) is 2. The van der Waals surface area contributed by atoms with E-state index < -0.39 is 0 Å². The van der Waals surface area contributed by atoms with E-state index in [2.05, 4.69) is 17.3 Å². The third-order valence-corrected chi connectivity index (χ3v) is 0.582. The molecule has 0 spiro atoms. The molecule has 0 saturated carbocycles. The van der Waals surface area contributed by atoms with Crippen LogP contribution in [0.3, 0.4) is 0 Å². The molecule has 0 aromatic carbocycles. The highest BCUT2D eigenvalue weighted by atomic mass is 15.1. The maximum Gasteiger partial charge on any atom is 0.171 e. The molecule has 2 radical (unpaired) electrons. The van der Waals surface area contributed by atoms with Gasteiger partial charge in [-0.25, -0.2) is 0 Å². The standard InChI is InChI=1S/C4H6N2/c1-2-5-4-6-3-1/h1-2,5-6H,3H2. The second-order valence-electron chi connectivity index (χ2n) is 1.05. The van der Waals surface area contributed by atoms with Gasteiger partial charge in [0.15, 0.2) is 6.67 Å². The van der Waals surface area contributed by atoms with Crippen molar-refractivity contribution in [3.63, 3.8) is 0 Å². The highest BCUT2D eigenvalue weighted by Gasteiger charge is 1.84. The Bertz CT molecular complexity index is 50.6. The van der Waals surface area contributed by atoms with E-state index in [4.69, 9.17) is 0 Å². The van der Waals surface area contributed by atoms with E-state index in [1.54, 1.807) is 0 Å². The van der Waals surface area contributed by atoms with Gasteiger partial charge in [0, 0.05) is 6.54 Å². The fraction of sp³-hybridized carbons (Fsp3) is 0.250. The molecule has 0 amide bonds. The van der Waals surface area contributed by atoms with Crippen LogP contribution >= 0.6 is 0 Å². The van der Waals surface area contributed by atoms with Crippen molar-refractivity contribution >= 4 is 0 Å². The Balaban J connectivity index is 2.26. The minimum Gasteiger partial charge on any atom is -0.367 e. The molecule has 2 nitrogen and oxygen atoms in total. The molecule has 1 aliphatic rings. The first-order valence-corrected chi connectivity index (χ1v) is 1.88. The van der Waals surface area contributed by atoms with Crippen LogP contribution in [0.4, 0.5) is 0 Å². The average Bonchev–Trinajstić information content (AvgIpc) is 1.72. The van der Waals surface area contributed by atoms with Crippen molar-refractivity contribution in [1.82, 2.24) is 10.6 Å². The fourth-order valence-electron chi connectivity index (χ4n) is 0.321. The molecule has 0 bridgehead atoms. The van der Waals surface area contributed by atoms with Gasteiger partial charge in [-0.3, -0.25) is 5.32 Å². The first-order chi connectivity index (χ1) is 3.00. The van der Waals surface area contributed by atoms with Crippen LogP contribution in [0.2, 0.25) is 0 Å². The summed E-state index contributed by atoms with van der Waals surface area (Å²) in [5.41, 5.74) is 0. The van der Waals surface area contributed by atoms with Gasteiger partial charge in [0.05, 0.1) is 0 Å². The van der Waals surface area contributed by atoms with Gasteiger partial charge >= 0.3 is 0 Å². The van der Waals surface area contributed by atoms with Crippen LogP contribution in [0.25, 0.3) is 0 Å². The molecule has 0 saturated heterocycles. The molecule has 2 heteroatoms. The third kappa shape index (κ3) is 0.723. The molecule has 1 rings (SSSR count). The summed E-state index contributed by atoms with van der Waals surface area (Å²) in [4.78, 5) is 0. The van der Waals surface area contributed by atoms with E-state index in [0.29, 0.717) is 0 Å². The van der Waals surface area contributed by atoms with Crippen molar-refractivity contribution in [3.05, 3.63) is 18.9 Å². The molecule has 0 aromatic rings. The summed E-state index contributed by atoms with van der Waals surface area (Å²) < 4.78 is 0.